The van der Waals surface area contributed by atoms with Crippen LogP contribution in [0, 0.1) is 6.92 Å². The van der Waals surface area contributed by atoms with Crippen LogP contribution in [0.15, 0.2) is 54.6 Å². The smallest absolute Gasteiger partial charge is 0.307 e. The molecule has 4 heteroatoms. The third-order valence-electron chi connectivity index (χ3n) is 3.84. The van der Waals surface area contributed by atoms with Crippen LogP contribution in [0.4, 0.5) is 0 Å². The molecule has 0 spiro atoms. The van der Waals surface area contributed by atoms with Gasteiger partial charge in [0.15, 0.2) is 0 Å². The molecule has 0 aromatic heterocycles. The number of rotatable bonds is 3. The fraction of sp³-hybridized carbons (Fsp3) is 0.261. The number of aryl methyl sites for hydroxylation is 1. The van der Waals surface area contributed by atoms with E-state index in [1.165, 1.54) is 0 Å². The van der Waals surface area contributed by atoms with E-state index in [9.17, 15) is 9.90 Å². The molecule has 3 aromatic rings. The van der Waals surface area contributed by atoms with Crippen LogP contribution < -0.4 is 0 Å². The number of benzene rings is 3. The zero-order valence-electron chi connectivity index (χ0n) is 16.1. The quantitative estimate of drug-likeness (QED) is 0.593. The van der Waals surface area contributed by atoms with Gasteiger partial charge in [-0.2, -0.15) is 0 Å². The van der Waals surface area contributed by atoms with E-state index in [4.69, 9.17) is 16.7 Å². The fourth-order valence-electron chi connectivity index (χ4n) is 2.86. The molecule has 3 nitrogen and oxygen atoms in total. The van der Waals surface area contributed by atoms with Crippen LogP contribution in [0.1, 0.15) is 31.9 Å². The zero-order valence-corrected chi connectivity index (χ0v) is 16.8. The van der Waals surface area contributed by atoms with Crippen molar-refractivity contribution in [2.45, 2.75) is 39.7 Å². The second-order valence-electron chi connectivity index (χ2n) is 7.52. The van der Waals surface area contributed by atoms with Gasteiger partial charge in [-0.15, -0.1) is 0 Å². The van der Waals surface area contributed by atoms with Crippen LogP contribution in [0.25, 0.3) is 21.9 Å². The van der Waals surface area contributed by atoms with Gasteiger partial charge < -0.3 is 10.2 Å². The van der Waals surface area contributed by atoms with E-state index in [1.807, 2.05) is 61.5 Å². The van der Waals surface area contributed by atoms with Gasteiger partial charge in [0.2, 0.25) is 0 Å². The van der Waals surface area contributed by atoms with Crippen molar-refractivity contribution >= 4 is 28.3 Å². The van der Waals surface area contributed by atoms with E-state index < -0.39 is 11.6 Å². The second kappa shape index (κ2) is 8.55. The molecule has 0 unspecified atom stereocenters. The molecule has 142 valence electrons. The van der Waals surface area contributed by atoms with Crippen molar-refractivity contribution in [1.29, 1.82) is 0 Å². The molecular weight excluding hydrogens is 360 g/mol. The average molecular weight is 385 g/mol. The molecule has 0 amide bonds. The lowest BCUT2D eigenvalue weighted by atomic mass is 9.89. The van der Waals surface area contributed by atoms with Crippen molar-refractivity contribution in [3.05, 3.63) is 70.7 Å². The predicted octanol–water partition coefficient (Wildman–Crippen LogP) is 5.87. The minimum atomic E-state index is -0.825. The molecule has 3 aromatic carbocycles. The monoisotopic (exact) mass is 384 g/mol. The molecule has 0 aliphatic carbocycles. The highest BCUT2D eigenvalue weighted by Crippen LogP contribution is 2.35. The molecule has 0 radical (unpaired) electrons. The third-order valence-corrected chi connectivity index (χ3v) is 4.09. The summed E-state index contributed by atoms with van der Waals surface area (Å²) >= 11 is 5.98. The largest absolute Gasteiger partial charge is 0.481 e. The van der Waals surface area contributed by atoms with Crippen LogP contribution in [0.5, 0.6) is 0 Å². The Morgan fingerprint density at radius 2 is 1.59 bits per heavy atom. The van der Waals surface area contributed by atoms with Crippen LogP contribution in [-0.4, -0.2) is 21.8 Å². The predicted molar refractivity (Wildman–Crippen MR) is 112 cm³/mol. The normalized spacial score (nSPS) is 11.0. The number of carboxylic acid groups (broad SMARTS) is 1. The summed E-state index contributed by atoms with van der Waals surface area (Å²) in [6, 6.07) is 17.6. The maximum Gasteiger partial charge on any atom is 0.307 e. The molecule has 0 fully saturated rings. The minimum Gasteiger partial charge on any atom is -0.481 e. The molecule has 3 rings (SSSR count). The third kappa shape index (κ3) is 6.09. The number of aliphatic carboxylic acids is 1. The van der Waals surface area contributed by atoms with E-state index in [2.05, 4.69) is 0 Å². The molecule has 0 atom stereocenters. The standard InChI is InChI=1S/C19H15ClO2.C4H10O/c1-12-10-14-4-2-3-5-16(14)19(17(12)11-18(21)22)13-6-8-15(20)9-7-13;1-4(2,3)5/h2-10H,11H2,1H3,(H,21,22);5H,1-3H3. The minimum absolute atomic E-state index is 0.00856. The SMILES string of the molecule is CC(C)(C)O.Cc1cc2ccccc2c(-c2ccc(Cl)cc2)c1CC(=O)O. The van der Waals surface area contributed by atoms with Gasteiger partial charge in [0.05, 0.1) is 12.0 Å². The fourth-order valence-corrected chi connectivity index (χ4v) is 2.98. The van der Waals surface area contributed by atoms with E-state index in [0.29, 0.717) is 5.02 Å². The van der Waals surface area contributed by atoms with E-state index >= 15 is 0 Å². The van der Waals surface area contributed by atoms with Crippen molar-refractivity contribution in [2.24, 2.45) is 0 Å². The van der Waals surface area contributed by atoms with Gasteiger partial charge in [-0.1, -0.05) is 54.1 Å². The van der Waals surface area contributed by atoms with Crippen LogP contribution in [0.3, 0.4) is 0 Å². The molecule has 0 saturated carbocycles. The number of hydrogen-bond acceptors (Lipinski definition) is 2. The number of aliphatic hydroxyl groups is 1. The first-order chi connectivity index (χ1) is 12.6. The first-order valence-corrected chi connectivity index (χ1v) is 9.15. The maximum absolute atomic E-state index is 11.3. The van der Waals surface area contributed by atoms with Crippen molar-refractivity contribution in [1.82, 2.24) is 0 Å². The molecule has 0 heterocycles. The summed E-state index contributed by atoms with van der Waals surface area (Å²) in [5.74, 6) is -0.825. The van der Waals surface area contributed by atoms with Crippen LogP contribution >= 0.6 is 11.6 Å². The second-order valence-corrected chi connectivity index (χ2v) is 7.95. The topological polar surface area (TPSA) is 57.5 Å². The van der Waals surface area contributed by atoms with Crippen molar-refractivity contribution in [3.8, 4) is 11.1 Å². The lowest BCUT2D eigenvalue weighted by molar-refractivity contribution is -0.136. The number of hydrogen-bond donors (Lipinski definition) is 2. The Kier molecular flexibility index (Phi) is 6.63. The summed E-state index contributed by atoms with van der Waals surface area (Å²) in [6.45, 7) is 7.19. The summed E-state index contributed by atoms with van der Waals surface area (Å²) in [5.41, 5.74) is 3.31. The molecule has 0 bridgehead atoms. The Hall–Kier alpha value is -2.36. The van der Waals surface area contributed by atoms with Crippen molar-refractivity contribution in [3.63, 3.8) is 0 Å². The van der Waals surface area contributed by atoms with E-state index in [0.717, 1.165) is 33.0 Å². The van der Waals surface area contributed by atoms with Gasteiger partial charge in [0, 0.05) is 5.02 Å². The number of carboxylic acids is 1. The highest BCUT2D eigenvalue weighted by molar-refractivity contribution is 6.30. The zero-order chi connectivity index (χ0) is 20.2. The molecular formula is C23H25ClO3. The highest BCUT2D eigenvalue weighted by atomic mass is 35.5. The lowest BCUT2D eigenvalue weighted by Gasteiger charge is -2.15. The number of fused-ring (bicyclic) bond motifs is 1. The number of halogens is 1. The van der Waals surface area contributed by atoms with Gasteiger partial charge >= 0.3 is 5.97 Å². The van der Waals surface area contributed by atoms with Crippen molar-refractivity contribution in [2.75, 3.05) is 0 Å². The van der Waals surface area contributed by atoms with Gasteiger partial charge in [-0.05, 0) is 72.9 Å². The maximum atomic E-state index is 11.3. The van der Waals surface area contributed by atoms with Gasteiger partial charge in [-0.25, -0.2) is 0 Å². The number of carbonyl (C=O) groups is 1. The molecule has 0 saturated heterocycles. The summed E-state index contributed by atoms with van der Waals surface area (Å²) < 4.78 is 0. The average Bonchev–Trinajstić information content (AvgIpc) is 2.55. The van der Waals surface area contributed by atoms with E-state index in [-0.39, 0.29) is 6.42 Å². The summed E-state index contributed by atoms with van der Waals surface area (Å²) in [5, 5.41) is 20.6. The molecule has 0 aliphatic rings. The van der Waals surface area contributed by atoms with Crippen LogP contribution in [-0.2, 0) is 11.2 Å². The summed E-state index contributed by atoms with van der Waals surface area (Å²) in [6.07, 6.45) is 0.00856. The molecule has 0 aliphatic heterocycles. The highest BCUT2D eigenvalue weighted by Gasteiger charge is 2.15. The summed E-state index contributed by atoms with van der Waals surface area (Å²) in [4.78, 5) is 11.3. The first kappa shape index (κ1) is 20.9. The van der Waals surface area contributed by atoms with Gasteiger partial charge in [0.1, 0.15) is 0 Å². The Morgan fingerprint density at radius 1 is 1.04 bits per heavy atom. The lowest BCUT2D eigenvalue weighted by Crippen LogP contribution is -2.10. The van der Waals surface area contributed by atoms with Crippen molar-refractivity contribution < 1.29 is 15.0 Å². The first-order valence-electron chi connectivity index (χ1n) is 8.77. The Labute approximate surface area is 165 Å². The summed E-state index contributed by atoms with van der Waals surface area (Å²) in [7, 11) is 0. The Morgan fingerprint density at radius 3 is 2.15 bits per heavy atom. The van der Waals surface area contributed by atoms with Crippen LogP contribution in [0.2, 0.25) is 5.02 Å². The van der Waals surface area contributed by atoms with Gasteiger partial charge in [-0.3, -0.25) is 4.79 Å². The Bertz CT molecular complexity index is 932. The van der Waals surface area contributed by atoms with E-state index in [1.54, 1.807) is 20.8 Å². The molecule has 27 heavy (non-hydrogen) atoms. The Balaban J connectivity index is 0.000000465. The molecule has 2 N–H and O–H groups in total. The van der Waals surface area contributed by atoms with Gasteiger partial charge in [0.25, 0.3) is 0 Å².